The zero-order chi connectivity index (χ0) is 28.8. The van der Waals surface area contributed by atoms with Crippen LogP contribution in [0.4, 0.5) is 34.6 Å². The first kappa shape index (κ1) is 26.4. The minimum absolute atomic E-state index is 0.00160. The minimum Gasteiger partial charge on any atom is -0.506 e. The molecule has 15 nitrogen and oxygen atoms in total. The number of anilines is 3. The van der Waals surface area contributed by atoms with Gasteiger partial charge in [-0.05, 0) is 58.8 Å². The SMILES string of the molecule is Nc1nc(Cl)nc(Nc2ccc3c(O)c(N=Nc4c(O)ccc5cc([N+](=O)[O-])ccc45)c(S(=O)(=O)O)cc3c2)n1. The Labute approximate surface area is 228 Å². The number of halogens is 1. The van der Waals surface area contributed by atoms with Crippen molar-refractivity contribution in [1.29, 1.82) is 0 Å². The van der Waals surface area contributed by atoms with Gasteiger partial charge in [0, 0.05) is 28.6 Å². The maximum absolute atomic E-state index is 12.3. The van der Waals surface area contributed by atoms with Crippen molar-refractivity contribution in [3.05, 3.63) is 70.0 Å². The van der Waals surface area contributed by atoms with E-state index in [4.69, 9.17) is 17.3 Å². The van der Waals surface area contributed by atoms with Gasteiger partial charge in [0.05, 0.1) is 4.92 Å². The summed E-state index contributed by atoms with van der Waals surface area (Å²) in [6, 6.07) is 11.9. The second-order valence-electron chi connectivity index (χ2n) is 8.19. The van der Waals surface area contributed by atoms with Gasteiger partial charge in [-0.25, -0.2) is 0 Å². The molecule has 0 saturated heterocycles. The summed E-state index contributed by atoms with van der Waals surface area (Å²) in [4.78, 5) is 21.2. The average Bonchev–Trinajstić information content (AvgIpc) is 2.87. The third-order valence-electron chi connectivity index (χ3n) is 5.62. The van der Waals surface area contributed by atoms with E-state index in [1.165, 1.54) is 48.5 Å². The number of azo groups is 1. The molecule has 5 rings (SSSR count). The number of rotatable bonds is 6. The van der Waals surface area contributed by atoms with Gasteiger partial charge in [0.1, 0.15) is 22.0 Å². The number of hydrogen-bond acceptors (Lipinski definition) is 13. The molecule has 17 heteroatoms. The summed E-state index contributed by atoms with van der Waals surface area (Å²) in [5, 5.41) is 43.8. The number of nitrogens with zero attached hydrogens (tertiary/aromatic N) is 6. The molecular weight excluding hydrogens is 568 g/mol. The van der Waals surface area contributed by atoms with Crippen molar-refractivity contribution < 1.29 is 28.1 Å². The summed E-state index contributed by atoms with van der Waals surface area (Å²) < 4.78 is 34.4. The van der Waals surface area contributed by atoms with Gasteiger partial charge in [-0.1, -0.05) is 6.07 Å². The maximum Gasteiger partial charge on any atom is 0.296 e. The number of hydrogen-bond donors (Lipinski definition) is 5. The number of fused-ring (bicyclic) bond motifs is 2. The first-order valence-corrected chi connectivity index (χ1v) is 12.8. The van der Waals surface area contributed by atoms with E-state index in [-0.39, 0.29) is 50.5 Å². The Hall–Kier alpha value is -5.19. The molecule has 0 amide bonds. The van der Waals surface area contributed by atoms with Crippen LogP contribution in [0.1, 0.15) is 0 Å². The van der Waals surface area contributed by atoms with Gasteiger partial charge in [-0.2, -0.15) is 23.4 Å². The zero-order valence-electron chi connectivity index (χ0n) is 19.7. The number of aromatic nitrogens is 3. The summed E-state index contributed by atoms with van der Waals surface area (Å²) in [6.45, 7) is 0. The fraction of sp³-hybridized carbons (Fsp3) is 0. The van der Waals surface area contributed by atoms with E-state index < -0.39 is 31.4 Å². The first-order chi connectivity index (χ1) is 18.9. The summed E-state index contributed by atoms with van der Waals surface area (Å²) in [5.41, 5.74) is 4.96. The molecule has 0 bridgehead atoms. The molecule has 0 atom stereocenters. The lowest BCUT2D eigenvalue weighted by Gasteiger charge is -2.11. The van der Waals surface area contributed by atoms with Gasteiger partial charge in [0.15, 0.2) is 5.75 Å². The molecule has 0 saturated carbocycles. The van der Waals surface area contributed by atoms with E-state index >= 15 is 0 Å². The molecule has 0 unspecified atom stereocenters. The van der Waals surface area contributed by atoms with Crippen molar-refractivity contribution in [2.24, 2.45) is 10.2 Å². The highest BCUT2D eigenvalue weighted by molar-refractivity contribution is 7.86. The quantitative estimate of drug-likeness (QED) is 0.0756. The van der Waals surface area contributed by atoms with Crippen molar-refractivity contribution in [2.75, 3.05) is 11.1 Å². The predicted octanol–water partition coefficient (Wildman–Crippen LogP) is 5.14. The van der Waals surface area contributed by atoms with E-state index in [1.54, 1.807) is 0 Å². The first-order valence-electron chi connectivity index (χ1n) is 10.9. The van der Waals surface area contributed by atoms with Crippen molar-refractivity contribution in [1.82, 2.24) is 15.0 Å². The summed E-state index contributed by atoms with van der Waals surface area (Å²) in [6.07, 6.45) is 0. The summed E-state index contributed by atoms with van der Waals surface area (Å²) in [7, 11) is -4.94. The molecule has 1 heterocycles. The number of benzene rings is 4. The molecule has 4 aromatic carbocycles. The fourth-order valence-electron chi connectivity index (χ4n) is 3.88. The minimum atomic E-state index is -4.94. The molecule has 0 aliphatic carbocycles. The topological polar surface area (TPSA) is 239 Å². The largest absolute Gasteiger partial charge is 0.506 e. The number of non-ortho nitro benzene ring substituents is 1. The molecule has 0 radical (unpaired) electrons. The predicted molar refractivity (Wildman–Crippen MR) is 144 cm³/mol. The highest BCUT2D eigenvalue weighted by atomic mass is 35.5. The van der Waals surface area contributed by atoms with Crippen LogP contribution in [0, 0.1) is 10.1 Å². The van der Waals surface area contributed by atoms with Gasteiger partial charge >= 0.3 is 0 Å². The molecule has 202 valence electrons. The smallest absolute Gasteiger partial charge is 0.296 e. The van der Waals surface area contributed by atoms with Crippen molar-refractivity contribution in [3.63, 3.8) is 0 Å². The number of nitrogen functional groups attached to an aromatic ring is 1. The number of phenols is 2. The second-order valence-corrected chi connectivity index (χ2v) is 9.92. The Morgan fingerprint density at radius 2 is 1.65 bits per heavy atom. The van der Waals surface area contributed by atoms with E-state index in [0.717, 1.165) is 6.07 Å². The Morgan fingerprint density at radius 3 is 2.35 bits per heavy atom. The lowest BCUT2D eigenvalue weighted by Crippen LogP contribution is -2.03. The third-order valence-corrected chi connectivity index (χ3v) is 6.66. The van der Waals surface area contributed by atoms with Gasteiger partial charge in [0.2, 0.25) is 17.2 Å². The van der Waals surface area contributed by atoms with Crippen LogP contribution in [0.5, 0.6) is 11.5 Å². The Morgan fingerprint density at radius 1 is 0.925 bits per heavy atom. The van der Waals surface area contributed by atoms with Crippen LogP contribution in [0.3, 0.4) is 0 Å². The number of nitrogens with one attached hydrogen (secondary N) is 1. The van der Waals surface area contributed by atoms with Crippen LogP contribution < -0.4 is 11.1 Å². The van der Waals surface area contributed by atoms with Crippen LogP contribution in [0.2, 0.25) is 5.28 Å². The lowest BCUT2D eigenvalue weighted by molar-refractivity contribution is -0.384. The molecule has 5 aromatic rings. The normalized spacial score (nSPS) is 11.8. The number of nitro benzene ring substituents is 1. The molecule has 0 spiro atoms. The molecule has 0 aliphatic rings. The van der Waals surface area contributed by atoms with Crippen LogP contribution in [-0.4, -0.2) is 43.1 Å². The highest BCUT2D eigenvalue weighted by Crippen LogP contribution is 2.44. The van der Waals surface area contributed by atoms with Crippen molar-refractivity contribution in [2.45, 2.75) is 4.90 Å². The zero-order valence-corrected chi connectivity index (χ0v) is 21.3. The van der Waals surface area contributed by atoms with E-state index in [0.29, 0.717) is 11.1 Å². The highest BCUT2D eigenvalue weighted by Gasteiger charge is 2.23. The van der Waals surface area contributed by atoms with E-state index in [1.807, 2.05) is 0 Å². The van der Waals surface area contributed by atoms with Gasteiger partial charge < -0.3 is 21.3 Å². The summed E-state index contributed by atoms with van der Waals surface area (Å²) in [5.74, 6) is -1.14. The molecule has 0 aliphatic heterocycles. The van der Waals surface area contributed by atoms with E-state index in [9.17, 15) is 33.3 Å². The standard InChI is InChI=1S/C23H15ClN8O7S/c24-21-27-22(25)29-23(28-21)26-12-2-4-15-11(7-12)9-17(40(37,38)39)19(20(15)34)31-30-18-14-5-3-13(32(35)36)8-10(14)1-6-16(18)33/h1-9,33-34H,(H,37,38,39)(H3,25,26,27,28,29). The van der Waals surface area contributed by atoms with Crippen LogP contribution in [-0.2, 0) is 10.1 Å². The molecule has 40 heavy (non-hydrogen) atoms. The summed E-state index contributed by atoms with van der Waals surface area (Å²) >= 11 is 5.78. The van der Waals surface area contributed by atoms with Crippen molar-refractivity contribution in [3.8, 4) is 11.5 Å². The second kappa shape index (κ2) is 9.84. The molecular formula is C23H15ClN8O7S. The number of nitro groups is 1. The van der Waals surface area contributed by atoms with Crippen LogP contribution >= 0.6 is 11.6 Å². The van der Waals surface area contributed by atoms with E-state index in [2.05, 4.69) is 30.5 Å². The Balaban J connectivity index is 1.62. The fourth-order valence-corrected chi connectivity index (χ4v) is 4.71. The number of phenolic OH excluding ortho intramolecular Hbond substituents is 2. The molecule has 1 aromatic heterocycles. The maximum atomic E-state index is 12.3. The Bertz CT molecular complexity index is 1980. The Kier molecular flexibility index (Phi) is 6.50. The van der Waals surface area contributed by atoms with Gasteiger partial charge in [-0.3, -0.25) is 14.7 Å². The van der Waals surface area contributed by atoms with Gasteiger partial charge in [-0.15, -0.1) is 10.2 Å². The van der Waals surface area contributed by atoms with Crippen LogP contribution in [0.15, 0.2) is 69.7 Å². The van der Waals surface area contributed by atoms with Crippen LogP contribution in [0.25, 0.3) is 21.5 Å². The average molecular weight is 583 g/mol. The monoisotopic (exact) mass is 582 g/mol. The number of nitrogens with two attached hydrogens (primary N) is 1. The number of aromatic hydroxyl groups is 2. The lowest BCUT2D eigenvalue weighted by atomic mass is 10.1. The molecule has 6 N–H and O–H groups in total. The van der Waals surface area contributed by atoms with Gasteiger partial charge in [0.25, 0.3) is 15.8 Å². The third kappa shape index (κ3) is 5.08. The molecule has 0 fully saturated rings. The van der Waals surface area contributed by atoms with Crippen molar-refractivity contribution >= 4 is 77.9 Å².